The van der Waals surface area contributed by atoms with Crippen LogP contribution in [-0.2, 0) is 4.79 Å². The first kappa shape index (κ1) is 11.2. The maximum Gasteiger partial charge on any atom is 0.244 e. The third-order valence-electron chi connectivity index (χ3n) is 3.25. The second kappa shape index (κ2) is 5.14. The molecule has 1 amide bonds. The van der Waals surface area contributed by atoms with Crippen LogP contribution in [0.2, 0.25) is 0 Å². The standard InChI is InChI=1S/C12H19N3O/c1-10(15-9-5-8-13-15)12(16)14-11-6-3-2-4-7-11/h5,8-11H,2-4,6-7H2,1H3,(H,14,16). The largest absolute Gasteiger partial charge is 0.352 e. The minimum Gasteiger partial charge on any atom is -0.352 e. The molecule has 0 aromatic carbocycles. The number of hydrogen-bond acceptors (Lipinski definition) is 2. The Kier molecular flexibility index (Phi) is 3.59. The average Bonchev–Trinajstić information content (AvgIpc) is 2.83. The number of hydrogen-bond donors (Lipinski definition) is 1. The molecule has 2 rings (SSSR count). The summed E-state index contributed by atoms with van der Waals surface area (Å²) in [5, 5.41) is 7.19. The molecule has 88 valence electrons. The molecule has 1 fully saturated rings. The van der Waals surface area contributed by atoms with Gasteiger partial charge in [0.1, 0.15) is 6.04 Å². The van der Waals surface area contributed by atoms with Crippen molar-refractivity contribution < 1.29 is 4.79 Å². The summed E-state index contributed by atoms with van der Waals surface area (Å²) in [6, 6.07) is 2.00. The van der Waals surface area contributed by atoms with E-state index in [-0.39, 0.29) is 11.9 Å². The fourth-order valence-electron chi connectivity index (χ4n) is 2.20. The van der Waals surface area contributed by atoms with E-state index in [0.717, 1.165) is 12.8 Å². The van der Waals surface area contributed by atoms with Gasteiger partial charge in [-0.25, -0.2) is 0 Å². The predicted molar refractivity (Wildman–Crippen MR) is 62.0 cm³/mol. The lowest BCUT2D eigenvalue weighted by atomic mass is 9.95. The summed E-state index contributed by atoms with van der Waals surface area (Å²) in [6.45, 7) is 1.88. The Morgan fingerprint density at radius 3 is 2.81 bits per heavy atom. The zero-order chi connectivity index (χ0) is 11.4. The summed E-state index contributed by atoms with van der Waals surface area (Å²) in [4.78, 5) is 11.9. The van der Waals surface area contributed by atoms with Crippen LogP contribution in [0.5, 0.6) is 0 Å². The van der Waals surface area contributed by atoms with Crippen molar-refractivity contribution in [2.45, 2.75) is 51.1 Å². The summed E-state index contributed by atoms with van der Waals surface area (Å²) >= 11 is 0. The quantitative estimate of drug-likeness (QED) is 0.847. The minimum atomic E-state index is -0.211. The van der Waals surface area contributed by atoms with Gasteiger partial charge >= 0.3 is 0 Å². The van der Waals surface area contributed by atoms with E-state index < -0.39 is 0 Å². The molecular formula is C12H19N3O. The lowest BCUT2D eigenvalue weighted by Crippen LogP contribution is -2.40. The first-order valence-corrected chi connectivity index (χ1v) is 6.07. The summed E-state index contributed by atoms with van der Waals surface area (Å²) in [5.41, 5.74) is 0. The summed E-state index contributed by atoms with van der Waals surface area (Å²) in [7, 11) is 0. The number of carbonyl (C=O) groups excluding carboxylic acids is 1. The molecule has 1 unspecified atom stereocenters. The van der Waals surface area contributed by atoms with Gasteiger partial charge in [0, 0.05) is 18.4 Å². The highest BCUT2D eigenvalue weighted by atomic mass is 16.2. The number of nitrogens with one attached hydrogen (secondary N) is 1. The average molecular weight is 221 g/mol. The number of rotatable bonds is 3. The van der Waals surface area contributed by atoms with Crippen LogP contribution >= 0.6 is 0 Å². The molecule has 0 radical (unpaired) electrons. The van der Waals surface area contributed by atoms with Gasteiger partial charge in [0.2, 0.25) is 5.91 Å². The predicted octanol–water partition coefficient (Wildman–Crippen LogP) is 1.89. The van der Waals surface area contributed by atoms with E-state index in [2.05, 4.69) is 10.4 Å². The van der Waals surface area contributed by atoms with E-state index in [0.29, 0.717) is 6.04 Å². The van der Waals surface area contributed by atoms with E-state index in [4.69, 9.17) is 0 Å². The summed E-state index contributed by atoms with van der Waals surface area (Å²) in [5.74, 6) is 0.0793. The fraction of sp³-hybridized carbons (Fsp3) is 0.667. The Morgan fingerprint density at radius 1 is 1.44 bits per heavy atom. The van der Waals surface area contributed by atoms with Crippen molar-refractivity contribution >= 4 is 5.91 Å². The molecule has 0 aliphatic heterocycles. The first-order valence-electron chi connectivity index (χ1n) is 6.07. The monoisotopic (exact) mass is 221 g/mol. The molecule has 1 aliphatic carbocycles. The number of amides is 1. The summed E-state index contributed by atoms with van der Waals surface area (Å²) in [6.07, 6.45) is 9.55. The minimum absolute atomic E-state index is 0.0793. The van der Waals surface area contributed by atoms with Crippen molar-refractivity contribution in [2.75, 3.05) is 0 Å². The van der Waals surface area contributed by atoms with Crippen LogP contribution < -0.4 is 5.32 Å². The van der Waals surface area contributed by atoms with Gasteiger partial charge in [-0.15, -0.1) is 0 Å². The first-order chi connectivity index (χ1) is 7.77. The van der Waals surface area contributed by atoms with Crippen molar-refractivity contribution in [1.29, 1.82) is 0 Å². The molecule has 0 saturated heterocycles. The van der Waals surface area contributed by atoms with Crippen LogP contribution in [0, 0.1) is 0 Å². The van der Waals surface area contributed by atoms with E-state index in [1.807, 2.05) is 19.2 Å². The molecule has 1 N–H and O–H groups in total. The van der Waals surface area contributed by atoms with Gasteiger partial charge in [-0.2, -0.15) is 5.10 Å². The number of aromatic nitrogens is 2. The van der Waals surface area contributed by atoms with E-state index in [9.17, 15) is 4.79 Å². The molecule has 4 heteroatoms. The fourth-order valence-corrected chi connectivity index (χ4v) is 2.20. The third kappa shape index (κ3) is 2.62. The Hall–Kier alpha value is -1.32. The van der Waals surface area contributed by atoms with E-state index >= 15 is 0 Å². The highest BCUT2D eigenvalue weighted by Gasteiger charge is 2.20. The van der Waals surface area contributed by atoms with E-state index in [1.54, 1.807) is 10.9 Å². The molecule has 0 spiro atoms. The second-order valence-electron chi connectivity index (χ2n) is 4.51. The molecular weight excluding hydrogens is 202 g/mol. The van der Waals surface area contributed by atoms with Crippen LogP contribution in [0.3, 0.4) is 0 Å². The second-order valence-corrected chi connectivity index (χ2v) is 4.51. The van der Waals surface area contributed by atoms with Crippen molar-refractivity contribution in [3.8, 4) is 0 Å². The van der Waals surface area contributed by atoms with Gasteiger partial charge in [0.25, 0.3) is 0 Å². The van der Waals surface area contributed by atoms with Gasteiger partial charge in [0.05, 0.1) is 0 Å². The van der Waals surface area contributed by atoms with Crippen molar-refractivity contribution in [1.82, 2.24) is 15.1 Å². The van der Waals surface area contributed by atoms with Gasteiger partial charge in [-0.3, -0.25) is 9.48 Å². The Bertz CT molecular complexity index is 328. The smallest absolute Gasteiger partial charge is 0.244 e. The van der Waals surface area contributed by atoms with Crippen LogP contribution in [0.4, 0.5) is 0 Å². The number of carbonyl (C=O) groups is 1. The molecule has 4 nitrogen and oxygen atoms in total. The maximum atomic E-state index is 11.9. The molecule has 1 aromatic rings. The highest BCUT2D eigenvalue weighted by Crippen LogP contribution is 2.18. The van der Waals surface area contributed by atoms with Gasteiger partial charge in [-0.05, 0) is 25.8 Å². The molecule has 1 aliphatic rings. The Balaban J connectivity index is 1.87. The van der Waals surface area contributed by atoms with Crippen LogP contribution in [0.15, 0.2) is 18.5 Å². The molecule has 1 heterocycles. The zero-order valence-electron chi connectivity index (χ0n) is 9.72. The lowest BCUT2D eigenvalue weighted by molar-refractivity contribution is -0.125. The highest BCUT2D eigenvalue weighted by molar-refractivity contribution is 5.80. The van der Waals surface area contributed by atoms with Crippen LogP contribution in [0.25, 0.3) is 0 Å². The van der Waals surface area contributed by atoms with Crippen molar-refractivity contribution in [3.05, 3.63) is 18.5 Å². The molecule has 1 atom stereocenters. The molecule has 1 saturated carbocycles. The Labute approximate surface area is 96.0 Å². The van der Waals surface area contributed by atoms with Gasteiger partial charge in [-0.1, -0.05) is 19.3 Å². The topological polar surface area (TPSA) is 46.9 Å². The number of nitrogens with zero attached hydrogens (tertiary/aromatic N) is 2. The van der Waals surface area contributed by atoms with E-state index in [1.165, 1.54) is 19.3 Å². The zero-order valence-corrected chi connectivity index (χ0v) is 9.72. The van der Waals surface area contributed by atoms with Gasteiger partial charge < -0.3 is 5.32 Å². The van der Waals surface area contributed by atoms with Gasteiger partial charge in [0.15, 0.2) is 0 Å². The Morgan fingerprint density at radius 2 is 2.19 bits per heavy atom. The van der Waals surface area contributed by atoms with Crippen molar-refractivity contribution in [2.24, 2.45) is 0 Å². The SMILES string of the molecule is CC(C(=O)NC1CCCCC1)n1cccn1. The normalized spacial score (nSPS) is 19.3. The maximum absolute atomic E-state index is 11.9. The van der Waals surface area contributed by atoms with Crippen LogP contribution in [0.1, 0.15) is 45.1 Å². The van der Waals surface area contributed by atoms with Crippen molar-refractivity contribution in [3.63, 3.8) is 0 Å². The summed E-state index contributed by atoms with van der Waals surface area (Å²) < 4.78 is 1.69. The third-order valence-corrected chi connectivity index (χ3v) is 3.25. The molecule has 16 heavy (non-hydrogen) atoms. The molecule has 1 aromatic heterocycles. The lowest BCUT2D eigenvalue weighted by Gasteiger charge is -2.24. The van der Waals surface area contributed by atoms with Crippen LogP contribution in [-0.4, -0.2) is 21.7 Å². The molecule has 0 bridgehead atoms.